The Bertz CT molecular complexity index is 574. The minimum Gasteiger partial charge on any atom is -0.356 e. The maximum absolute atomic E-state index is 12.3. The number of nitrogens with one attached hydrogen (secondary N) is 2. The van der Waals surface area contributed by atoms with Gasteiger partial charge in [0, 0.05) is 26.7 Å². The van der Waals surface area contributed by atoms with Crippen LogP contribution >= 0.6 is 0 Å². The zero-order valence-electron chi connectivity index (χ0n) is 14.5. The Labute approximate surface area is 143 Å². The van der Waals surface area contributed by atoms with Crippen molar-refractivity contribution >= 4 is 11.9 Å². The Kier molecular flexibility index (Phi) is 7.03. The Morgan fingerprint density at radius 1 is 1.33 bits per heavy atom. The predicted octanol–water partition coefficient (Wildman–Crippen LogP) is 1.53. The summed E-state index contributed by atoms with van der Waals surface area (Å²) in [5.74, 6) is 0.526. The molecule has 132 valence electrons. The lowest BCUT2D eigenvalue weighted by molar-refractivity contribution is -0.127. The number of halogens is 1. The molecule has 6 heteroatoms. The lowest BCUT2D eigenvalue weighted by Crippen LogP contribution is -2.46. The van der Waals surface area contributed by atoms with E-state index >= 15 is 0 Å². The normalized spacial score (nSPS) is 17.1. The van der Waals surface area contributed by atoms with Gasteiger partial charge in [0.2, 0.25) is 5.91 Å². The van der Waals surface area contributed by atoms with Gasteiger partial charge in [-0.1, -0.05) is 24.3 Å². The highest BCUT2D eigenvalue weighted by Crippen LogP contribution is 2.20. The molecule has 1 aliphatic carbocycles. The molecule has 2 N–H and O–H groups in total. The Morgan fingerprint density at radius 2 is 2.08 bits per heavy atom. The number of carbonyl (C=O) groups is 1. The first-order valence-corrected chi connectivity index (χ1v) is 8.48. The number of nitrogens with zero attached hydrogens (tertiary/aromatic N) is 2. The zero-order valence-corrected chi connectivity index (χ0v) is 14.5. The van der Waals surface area contributed by atoms with Gasteiger partial charge in [-0.3, -0.25) is 9.18 Å². The highest BCUT2D eigenvalue weighted by Gasteiger charge is 2.19. The molecular weight excluding hydrogens is 307 g/mol. The monoisotopic (exact) mass is 334 g/mol. The van der Waals surface area contributed by atoms with Crippen molar-refractivity contribution in [3.8, 4) is 0 Å². The molecule has 24 heavy (non-hydrogen) atoms. The molecule has 1 aromatic rings. The van der Waals surface area contributed by atoms with Gasteiger partial charge in [0.05, 0.1) is 6.67 Å². The molecule has 2 rings (SSSR count). The van der Waals surface area contributed by atoms with Crippen molar-refractivity contribution in [2.24, 2.45) is 4.99 Å². The smallest absolute Gasteiger partial charge is 0.243 e. The Balaban J connectivity index is 1.97. The number of likely N-dealkylation sites (N-methyl/N-ethyl adjacent to an activating group) is 1. The number of aryl methyl sites for hydroxylation is 1. The van der Waals surface area contributed by atoms with Crippen LogP contribution in [0.2, 0.25) is 0 Å². The van der Waals surface area contributed by atoms with Crippen LogP contribution in [-0.4, -0.2) is 56.7 Å². The summed E-state index contributed by atoms with van der Waals surface area (Å²) in [6.07, 6.45) is 3.40. The fourth-order valence-electron chi connectivity index (χ4n) is 2.73. The molecular formula is C18H27FN4O. The van der Waals surface area contributed by atoms with Crippen molar-refractivity contribution in [1.29, 1.82) is 0 Å². The number of benzene rings is 1. The molecule has 0 bridgehead atoms. The summed E-state index contributed by atoms with van der Waals surface area (Å²) in [6, 6.07) is 8.74. The summed E-state index contributed by atoms with van der Waals surface area (Å²) in [7, 11) is 3.42. The van der Waals surface area contributed by atoms with Gasteiger partial charge in [-0.05, 0) is 36.8 Å². The third-order valence-electron chi connectivity index (χ3n) is 4.16. The molecule has 5 nitrogen and oxygen atoms in total. The van der Waals surface area contributed by atoms with Crippen LogP contribution in [0.5, 0.6) is 0 Å². The van der Waals surface area contributed by atoms with Crippen molar-refractivity contribution < 1.29 is 9.18 Å². The van der Waals surface area contributed by atoms with Crippen LogP contribution in [-0.2, 0) is 17.6 Å². The summed E-state index contributed by atoms with van der Waals surface area (Å²) in [4.78, 5) is 17.6. The van der Waals surface area contributed by atoms with E-state index in [9.17, 15) is 9.18 Å². The van der Waals surface area contributed by atoms with Gasteiger partial charge in [0.25, 0.3) is 0 Å². The molecule has 0 spiro atoms. The van der Waals surface area contributed by atoms with Crippen LogP contribution < -0.4 is 10.6 Å². The van der Waals surface area contributed by atoms with Crippen molar-refractivity contribution in [2.75, 3.05) is 33.9 Å². The summed E-state index contributed by atoms with van der Waals surface area (Å²) in [5, 5.41) is 6.51. The number of guanidine groups is 1. The number of hydrogen-bond donors (Lipinski definition) is 2. The van der Waals surface area contributed by atoms with Gasteiger partial charge in [0.1, 0.15) is 6.54 Å². The summed E-state index contributed by atoms with van der Waals surface area (Å²) >= 11 is 0. The minimum absolute atomic E-state index is 0.0596. The highest BCUT2D eigenvalue weighted by atomic mass is 19.1. The van der Waals surface area contributed by atoms with E-state index in [1.165, 1.54) is 16.0 Å². The summed E-state index contributed by atoms with van der Waals surface area (Å²) in [5.41, 5.74) is 2.76. The number of carbonyl (C=O) groups excluding carboxylic acids is 1. The van der Waals surface area contributed by atoms with Gasteiger partial charge >= 0.3 is 0 Å². The van der Waals surface area contributed by atoms with E-state index in [-0.39, 0.29) is 25.2 Å². The third-order valence-corrected chi connectivity index (χ3v) is 4.16. The molecule has 0 aromatic heterocycles. The molecule has 1 unspecified atom stereocenters. The highest BCUT2D eigenvalue weighted by molar-refractivity contribution is 5.85. The van der Waals surface area contributed by atoms with E-state index in [1.54, 1.807) is 14.1 Å². The van der Waals surface area contributed by atoms with Crippen molar-refractivity contribution in [3.05, 3.63) is 35.4 Å². The SMILES string of the molecule is CN(C)C(=O)CN=C(NCCCF)NC1CCc2ccccc2C1. The first-order chi connectivity index (χ1) is 11.6. The first-order valence-electron chi connectivity index (χ1n) is 8.48. The van der Waals surface area contributed by atoms with Crippen LogP contribution in [0, 0.1) is 0 Å². The first kappa shape index (κ1) is 18.2. The van der Waals surface area contributed by atoms with E-state index in [4.69, 9.17) is 0 Å². The molecule has 1 aliphatic rings. The van der Waals surface area contributed by atoms with Crippen LogP contribution in [0.15, 0.2) is 29.3 Å². The molecule has 1 amide bonds. The van der Waals surface area contributed by atoms with Gasteiger partial charge in [-0.15, -0.1) is 0 Å². The van der Waals surface area contributed by atoms with Crippen LogP contribution in [0.1, 0.15) is 24.0 Å². The van der Waals surface area contributed by atoms with Crippen LogP contribution in [0.4, 0.5) is 4.39 Å². The molecule has 0 heterocycles. The maximum atomic E-state index is 12.3. The molecule has 0 saturated carbocycles. The molecule has 0 fully saturated rings. The van der Waals surface area contributed by atoms with E-state index in [0.717, 1.165) is 19.3 Å². The molecule has 0 radical (unpaired) electrons. The van der Waals surface area contributed by atoms with Crippen LogP contribution in [0.25, 0.3) is 0 Å². The summed E-state index contributed by atoms with van der Waals surface area (Å²) in [6.45, 7) is 0.219. The largest absolute Gasteiger partial charge is 0.356 e. The number of aliphatic imine (C=N–C) groups is 1. The fourth-order valence-corrected chi connectivity index (χ4v) is 2.73. The minimum atomic E-state index is -0.367. The lowest BCUT2D eigenvalue weighted by atomic mass is 9.88. The number of alkyl halides is 1. The van der Waals surface area contributed by atoms with Crippen molar-refractivity contribution in [2.45, 2.75) is 31.7 Å². The van der Waals surface area contributed by atoms with Gasteiger partial charge < -0.3 is 15.5 Å². The lowest BCUT2D eigenvalue weighted by Gasteiger charge is -2.27. The molecule has 0 saturated heterocycles. The van der Waals surface area contributed by atoms with Gasteiger partial charge in [-0.2, -0.15) is 0 Å². The standard InChI is InChI=1S/C18H27FN4O/c1-23(2)17(24)13-21-18(20-11-5-10-19)22-16-9-8-14-6-3-4-7-15(14)12-16/h3-4,6-7,16H,5,8-13H2,1-2H3,(H2,20,21,22). The van der Waals surface area contributed by atoms with E-state index < -0.39 is 0 Å². The second-order valence-electron chi connectivity index (χ2n) is 6.28. The second kappa shape index (κ2) is 9.25. The predicted molar refractivity (Wildman–Crippen MR) is 95.0 cm³/mol. The zero-order chi connectivity index (χ0) is 17.4. The van der Waals surface area contributed by atoms with Gasteiger partial charge in [-0.25, -0.2) is 4.99 Å². The molecule has 1 aromatic carbocycles. The summed E-state index contributed by atoms with van der Waals surface area (Å²) < 4.78 is 12.3. The second-order valence-corrected chi connectivity index (χ2v) is 6.28. The van der Waals surface area contributed by atoms with E-state index in [1.807, 2.05) is 0 Å². The topological polar surface area (TPSA) is 56.7 Å². The quantitative estimate of drug-likeness (QED) is 0.471. The van der Waals surface area contributed by atoms with Gasteiger partial charge in [0.15, 0.2) is 5.96 Å². The fraction of sp³-hybridized carbons (Fsp3) is 0.556. The maximum Gasteiger partial charge on any atom is 0.243 e. The average Bonchev–Trinajstić information content (AvgIpc) is 2.59. The van der Waals surface area contributed by atoms with Crippen molar-refractivity contribution in [3.63, 3.8) is 0 Å². The molecule has 1 atom stereocenters. The average molecular weight is 334 g/mol. The van der Waals surface area contributed by atoms with E-state index in [0.29, 0.717) is 18.9 Å². The third kappa shape index (κ3) is 5.51. The number of amides is 1. The van der Waals surface area contributed by atoms with Crippen LogP contribution in [0.3, 0.4) is 0 Å². The number of hydrogen-bond acceptors (Lipinski definition) is 2. The van der Waals surface area contributed by atoms with Crippen molar-refractivity contribution in [1.82, 2.24) is 15.5 Å². The Hall–Kier alpha value is -2.11. The number of fused-ring (bicyclic) bond motifs is 1. The Morgan fingerprint density at radius 3 is 2.79 bits per heavy atom. The molecule has 0 aliphatic heterocycles. The number of rotatable bonds is 6. The van der Waals surface area contributed by atoms with E-state index in [2.05, 4.69) is 39.9 Å².